The van der Waals surface area contributed by atoms with E-state index in [1.165, 1.54) is 14.8 Å². The summed E-state index contributed by atoms with van der Waals surface area (Å²) < 4.78 is 1.22. The van der Waals surface area contributed by atoms with Gasteiger partial charge in [-0.1, -0.05) is 41.9 Å². The number of piperazine rings is 1. The van der Waals surface area contributed by atoms with Crippen LogP contribution in [0.1, 0.15) is 5.56 Å². The van der Waals surface area contributed by atoms with Crippen molar-refractivity contribution in [2.45, 2.75) is 12.5 Å². The Morgan fingerprint density at radius 2 is 2.00 bits per heavy atom. The third-order valence-electron chi connectivity index (χ3n) is 3.83. The van der Waals surface area contributed by atoms with Crippen LogP contribution in [0, 0.1) is 3.57 Å². The fraction of sp³-hybridized carbons (Fsp3) is 0.294. The molecule has 0 saturated carbocycles. The van der Waals surface area contributed by atoms with Crippen molar-refractivity contribution in [1.82, 2.24) is 5.32 Å². The average Bonchev–Trinajstić information content (AvgIpc) is 2.48. The lowest BCUT2D eigenvalue weighted by Crippen LogP contribution is -2.51. The lowest BCUT2D eigenvalue weighted by atomic mass is 10.0. The van der Waals surface area contributed by atoms with Crippen LogP contribution in [0.5, 0.6) is 0 Å². The van der Waals surface area contributed by atoms with Crippen LogP contribution >= 0.6 is 34.2 Å². The molecule has 0 bridgehead atoms. The molecular formula is C17H18ClIN2. The highest BCUT2D eigenvalue weighted by Gasteiger charge is 2.21. The molecule has 0 amide bonds. The first-order valence-corrected chi connectivity index (χ1v) is 8.65. The summed E-state index contributed by atoms with van der Waals surface area (Å²) >= 11 is 8.43. The molecule has 1 N–H and O–H groups in total. The van der Waals surface area contributed by atoms with E-state index in [4.69, 9.17) is 11.6 Å². The predicted octanol–water partition coefficient (Wildman–Crippen LogP) is 3.97. The molecule has 2 nitrogen and oxygen atoms in total. The van der Waals surface area contributed by atoms with E-state index in [-0.39, 0.29) is 0 Å². The van der Waals surface area contributed by atoms with E-state index in [0.29, 0.717) is 6.04 Å². The molecule has 110 valence electrons. The largest absolute Gasteiger partial charge is 0.368 e. The number of hydrogen-bond donors (Lipinski definition) is 1. The minimum atomic E-state index is 0.493. The summed E-state index contributed by atoms with van der Waals surface area (Å²) in [5, 5.41) is 4.43. The Balaban J connectivity index is 1.71. The maximum Gasteiger partial charge on any atom is 0.0503 e. The van der Waals surface area contributed by atoms with Crippen molar-refractivity contribution in [1.29, 1.82) is 0 Å². The number of benzene rings is 2. The molecule has 1 aliphatic rings. The summed E-state index contributed by atoms with van der Waals surface area (Å²) in [6.07, 6.45) is 1.07. The Kier molecular flexibility index (Phi) is 5.03. The van der Waals surface area contributed by atoms with Gasteiger partial charge in [0.15, 0.2) is 0 Å². The van der Waals surface area contributed by atoms with E-state index in [9.17, 15) is 0 Å². The molecular weight excluding hydrogens is 395 g/mol. The van der Waals surface area contributed by atoms with Crippen molar-refractivity contribution in [3.63, 3.8) is 0 Å². The van der Waals surface area contributed by atoms with Crippen LogP contribution in [0.4, 0.5) is 5.69 Å². The van der Waals surface area contributed by atoms with Crippen LogP contribution in [0.15, 0.2) is 48.5 Å². The number of rotatable bonds is 3. The molecule has 1 atom stereocenters. The normalized spacial score (nSPS) is 18.8. The predicted molar refractivity (Wildman–Crippen MR) is 98.3 cm³/mol. The highest BCUT2D eigenvalue weighted by atomic mass is 127. The number of halogens is 2. The van der Waals surface area contributed by atoms with E-state index >= 15 is 0 Å². The standard InChI is InChI=1S/C17H18ClIN2/c18-14-6-7-17(16(19)11-14)21-9-8-20-15(12-21)10-13-4-2-1-3-5-13/h1-7,11,15,20H,8-10,12H2. The highest BCUT2D eigenvalue weighted by molar-refractivity contribution is 14.1. The topological polar surface area (TPSA) is 15.3 Å². The van der Waals surface area contributed by atoms with Crippen molar-refractivity contribution < 1.29 is 0 Å². The van der Waals surface area contributed by atoms with Gasteiger partial charge in [0.05, 0.1) is 5.69 Å². The summed E-state index contributed by atoms with van der Waals surface area (Å²) in [5.41, 5.74) is 2.68. The molecule has 3 rings (SSSR count). The Morgan fingerprint density at radius 1 is 1.19 bits per heavy atom. The highest BCUT2D eigenvalue weighted by Crippen LogP contribution is 2.26. The zero-order valence-corrected chi connectivity index (χ0v) is 14.6. The SMILES string of the molecule is Clc1ccc(N2CCNC(Cc3ccccc3)C2)c(I)c1. The second-order valence-electron chi connectivity index (χ2n) is 5.38. The summed E-state index contributed by atoms with van der Waals surface area (Å²) in [4.78, 5) is 2.46. The van der Waals surface area contributed by atoms with Crippen LogP contribution in [0.3, 0.4) is 0 Å². The molecule has 0 spiro atoms. The van der Waals surface area contributed by atoms with Crippen molar-refractivity contribution >= 4 is 39.9 Å². The lowest BCUT2D eigenvalue weighted by molar-refractivity contribution is 0.454. The Morgan fingerprint density at radius 3 is 2.76 bits per heavy atom. The van der Waals surface area contributed by atoms with E-state index in [2.05, 4.69) is 69.2 Å². The fourth-order valence-corrected chi connectivity index (χ4v) is 4.03. The summed E-state index contributed by atoms with van der Waals surface area (Å²) in [7, 11) is 0. The third-order valence-corrected chi connectivity index (χ3v) is 4.93. The lowest BCUT2D eigenvalue weighted by Gasteiger charge is -2.36. The molecule has 0 radical (unpaired) electrons. The number of nitrogens with one attached hydrogen (secondary N) is 1. The second-order valence-corrected chi connectivity index (χ2v) is 6.98. The quantitative estimate of drug-likeness (QED) is 0.768. The fourth-order valence-electron chi connectivity index (χ4n) is 2.82. The first kappa shape index (κ1) is 15.1. The van der Waals surface area contributed by atoms with Crippen LogP contribution < -0.4 is 10.2 Å². The van der Waals surface area contributed by atoms with Gasteiger partial charge in [-0.05, 0) is 52.8 Å². The van der Waals surface area contributed by atoms with Gasteiger partial charge in [-0.25, -0.2) is 0 Å². The zero-order valence-electron chi connectivity index (χ0n) is 11.7. The molecule has 2 aromatic carbocycles. The smallest absolute Gasteiger partial charge is 0.0503 e. The molecule has 1 heterocycles. The van der Waals surface area contributed by atoms with Gasteiger partial charge in [0.2, 0.25) is 0 Å². The van der Waals surface area contributed by atoms with Crippen molar-refractivity contribution in [2.75, 3.05) is 24.5 Å². The van der Waals surface area contributed by atoms with E-state index in [1.54, 1.807) is 0 Å². The summed E-state index contributed by atoms with van der Waals surface area (Å²) in [5.74, 6) is 0. The zero-order chi connectivity index (χ0) is 14.7. The van der Waals surface area contributed by atoms with Gasteiger partial charge in [-0.3, -0.25) is 0 Å². The van der Waals surface area contributed by atoms with Crippen molar-refractivity contribution in [3.8, 4) is 0 Å². The Hall–Kier alpha value is -0.780. The van der Waals surface area contributed by atoms with E-state index in [1.807, 2.05) is 12.1 Å². The van der Waals surface area contributed by atoms with E-state index in [0.717, 1.165) is 31.1 Å². The van der Waals surface area contributed by atoms with Crippen LogP contribution in [0.2, 0.25) is 5.02 Å². The average molecular weight is 413 g/mol. The van der Waals surface area contributed by atoms with Gasteiger partial charge in [0, 0.05) is 34.3 Å². The summed E-state index contributed by atoms with van der Waals surface area (Å²) in [6, 6.07) is 17.3. The molecule has 1 unspecified atom stereocenters. The van der Waals surface area contributed by atoms with E-state index < -0.39 is 0 Å². The Labute approximate surface area is 144 Å². The van der Waals surface area contributed by atoms with Gasteiger partial charge < -0.3 is 10.2 Å². The molecule has 2 aromatic rings. The molecule has 0 aromatic heterocycles. The molecule has 1 aliphatic heterocycles. The van der Waals surface area contributed by atoms with Crippen molar-refractivity contribution in [3.05, 3.63) is 62.7 Å². The molecule has 4 heteroatoms. The minimum absolute atomic E-state index is 0.493. The molecule has 21 heavy (non-hydrogen) atoms. The molecule has 1 saturated heterocycles. The maximum absolute atomic E-state index is 6.06. The minimum Gasteiger partial charge on any atom is -0.368 e. The van der Waals surface area contributed by atoms with Crippen LogP contribution in [-0.2, 0) is 6.42 Å². The van der Waals surface area contributed by atoms with Gasteiger partial charge >= 0.3 is 0 Å². The third kappa shape index (κ3) is 3.90. The molecule has 1 fully saturated rings. The van der Waals surface area contributed by atoms with Gasteiger partial charge in [-0.15, -0.1) is 0 Å². The van der Waals surface area contributed by atoms with Gasteiger partial charge in [0.25, 0.3) is 0 Å². The summed E-state index contributed by atoms with van der Waals surface area (Å²) in [6.45, 7) is 3.10. The maximum atomic E-state index is 6.06. The van der Waals surface area contributed by atoms with Crippen LogP contribution in [-0.4, -0.2) is 25.7 Å². The van der Waals surface area contributed by atoms with Gasteiger partial charge in [-0.2, -0.15) is 0 Å². The first-order chi connectivity index (χ1) is 10.2. The first-order valence-electron chi connectivity index (χ1n) is 7.20. The number of hydrogen-bond acceptors (Lipinski definition) is 2. The number of nitrogens with zero attached hydrogens (tertiary/aromatic N) is 1. The van der Waals surface area contributed by atoms with Crippen molar-refractivity contribution in [2.24, 2.45) is 0 Å². The number of anilines is 1. The monoisotopic (exact) mass is 412 g/mol. The van der Waals surface area contributed by atoms with Crippen LogP contribution in [0.25, 0.3) is 0 Å². The Bertz CT molecular complexity index is 603. The molecule has 0 aliphatic carbocycles. The second kappa shape index (κ2) is 6.99. The van der Waals surface area contributed by atoms with Gasteiger partial charge in [0.1, 0.15) is 0 Å².